The van der Waals surface area contributed by atoms with Crippen molar-refractivity contribution in [3.63, 3.8) is 0 Å². The van der Waals surface area contributed by atoms with Gasteiger partial charge in [-0.2, -0.15) is 0 Å². The second-order valence-electron chi connectivity index (χ2n) is 2.81. The van der Waals surface area contributed by atoms with Crippen LogP contribution in [0.5, 0.6) is 5.75 Å². The number of aromatic hydroxyl groups is 1. The first kappa shape index (κ1) is 10.0. The third-order valence-corrected chi connectivity index (χ3v) is 1.77. The molecule has 14 heavy (non-hydrogen) atoms. The number of phenols is 1. The van der Waals surface area contributed by atoms with Gasteiger partial charge in [-0.3, -0.25) is 9.59 Å². The summed E-state index contributed by atoms with van der Waals surface area (Å²) >= 11 is 0. The van der Waals surface area contributed by atoms with Crippen molar-refractivity contribution >= 4 is 11.8 Å². The van der Waals surface area contributed by atoms with E-state index in [4.69, 9.17) is 11.5 Å². The van der Waals surface area contributed by atoms with Crippen molar-refractivity contribution < 1.29 is 14.7 Å². The number of carbonyl (C=O) groups excluding carboxylic acids is 2. The Labute approximate surface area is 80.3 Å². The summed E-state index contributed by atoms with van der Waals surface area (Å²) in [6.07, 6.45) is -0.203. The summed E-state index contributed by atoms with van der Waals surface area (Å²) in [7, 11) is 0. The minimum atomic E-state index is -0.697. The van der Waals surface area contributed by atoms with Crippen molar-refractivity contribution in [2.75, 3.05) is 0 Å². The minimum Gasteiger partial charge on any atom is -0.508 e. The normalized spacial score (nSPS) is 9.71. The Balaban J connectivity index is 3.22. The van der Waals surface area contributed by atoms with Gasteiger partial charge in [0.25, 0.3) is 0 Å². The lowest BCUT2D eigenvalue weighted by atomic mass is 10.0. The standard InChI is InChI=1S/C9H10N2O3/c10-8(13)4-6-5(9(11)14)2-1-3-7(6)12/h1-3,12H,4H2,(H2,10,13)(H2,11,14). The zero-order valence-electron chi connectivity index (χ0n) is 7.36. The molecular formula is C9H10N2O3. The maximum atomic E-state index is 10.9. The Bertz CT molecular complexity index is 388. The third kappa shape index (κ3) is 2.01. The van der Waals surface area contributed by atoms with Crippen LogP contribution in [-0.4, -0.2) is 16.9 Å². The lowest BCUT2D eigenvalue weighted by molar-refractivity contribution is -0.117. The van der Waals surface area contributed by atoms with Crippen molar-refractivity contribution in [1.82, 2.24) is 0 Å². The third-order valence-electron chi connectivity index (χ3n) is 1.77. The molecule has 0 saturated carbocycles. The van der Waals surface area contributed by atoms with E-state index in [1.54, 1.807) is 0 Å². The molecule has 0 atom stereocenters. The van der Waals surface area contributed by atoms with Gasteiger partial charge in [0.1, 0.15) is 5.75 Å². The second kappa shape index (κ2) is 3.78. The molecule has 0 aliphatic heterocycles. The molecule has 0 fully saturated rings. The van der Waals surface area contributed by atoms with Gasteiger partial charge in [-0.05, 0) is 12.1 Å². The summed E-state index contributed by atoms with van der Waals surface area (Å²) in [5.74, 6) is -1.48. The molecular weight excluding hydrogens is 184 g/mol. The fourth-order valence-corrected chi connectivity index (χ4v) is 1.17. The number of phenolic OH excluding ortho intramolecular Hbond substituents is 1. The van der Waals surface area contributed by atoms with Crippen molar-refractivity contribution in [2.45, 2.75) is 6.42 Å². The highest BCUT2D eigenvalue weighted by Gasteiger charge is 2.13. The van der Waals surface area contributed by atoms with E-state index < -0.39 is 11.8 Å². The molecule has 2 amide bonds. The Hall–Kier alpha value is -2.04. The predicted octanol–water partition coefficient (Wildman–Crippen LogP) is -0.481. The summed E-state index contributed by atoms with van der Waals surface area (Å²) in [5.41, 5.74) is 10.3. The quantitative estimate of drug-likeness (QED) is 0.604. The SMILES string of the molecule is NC(=O)Cc1c(O)cccc1C(N)=O. The van der Waals surface area contributed by atoms with Gasteiger partial charge in [0.2, 0.25) is 11.8 Å². The van der Waals surface area contributed by atoms with E-state index in [0.29, 0.717) is 0 Å². The molecule has 5 heteroatoms. The zero-order chi connectivity index (χ0) is 10.7. The van der Waals surface area contributed by atoms with Gasteiger partial charge in [0.15, 0.2) is 0 Å². The van der Waals surface area contributed by atoms with Crippen LogP contribution in [0, 0.1) is 0 Å². The van der Waals surface area contributed by atoms with Gasteiger partial charge < -0.3 is 16.6 Å². The number of benzene rings is 1. The number of rotatable bonds is 3. The number of hydrogen-bond donors (Lipinski definition) is 3. The van der Waals surface area contributed by atoms with E-state index in [0.717, 1.165) is 0 Å². The van der Waals surface area contributed by atoms with Crippen molar-refractivity contribution in [2.24, 2.45) is 11.5 Å². The Morgan fingerprint density at radius 3 is 2.43 bits per heavy atom. The molecule has 0 aliphatic carbocycles. The monoisotopic (exact) mass is 194 g/mol. The molecule has 1 rings (SSSR count). The fourth-order valence-electron chi connectivity index (χ4n) is 1.17. The Morgan fingerprint density at radius 1 is 1.29 bits per heavy atom. The first-order valence-electron chi connectivity index (χ1n) is 3.91. The van der Waals surface area contributed by atoms with Crippen LogP contribution in [0.1, 0.15) is 15.9 Å². The summed E-state index contributed by atoms with van der Waals surface area (Å²) in [5, 5.41) is 9.37. The topological polar surface area (TPSA) is 106 Å². The highest BCUT2D eigenvalue weighted by molar-refractivity contribution is 5.96. The Kier molecular flexibility index (Phi) is 2.71. The van der Waals surface area contributed by atoms with E-state index in [9.17, 15) is 14.7 Å². The van der Waals surface area contributed by atoms with Crippen molar-refractivity contribution in [3.05, 3.63) is 29.3 Å². The smallest absolute Gasteiger partial charge is 0.249 e. The lowest BCUT2D eigenvalue weighted by Gasteiger charge is -2.06. The zero-order valence-corrected chi connectivity index (χ0v) is 7.36. The maximum Gasteiger partial charge on any atom is 0.249 e. The highest BCUT2D eigenvalue weighted by Crippen LogP contribution is 2.20. The van der Waals surface area contributed by atoms with Crippen LogP contribution in [-0.2, 0) is 11.2 Å². The average Bonchev–Trinajstić information content (AvgIpc) is 2.07. The molecule has 0 spiro atoms. The molecule has 1 aromatic rings. The molecule has 0 aliphatic rings. The van der Waals surface area contributed by atoms with Crippen LogP contribution in [0.4, 0.5) is 0 Å². The predicted molar refractivity (Wildman–Crippen MR) is 49.5 cm³/mol. The first-order chi connectivity index (χ1) is 6.52. The molecule has 5 N–H and O–H groups in total. The highest BCUT2D eigenvalue weighted by atomic mass is 16.3. The van der Waals surface area contributed by atoms with Crippen LogP contribution >= 0.6 is 0 Å². The molecule has 1 aromatic carbocycles. The maximum absolute atomic E-state index is 10.9. The molecule has 0 heterocycles. The van der Waals surface area contributed by atoms with E-state index in [1.165, 1.54) is 18.2 Å². The van der Waals surface area contributed by atoms with E-state index in [1.807, 2.05) is 0 Å². The van der Waals surface area contributed by atoms with E-state index in [2.05, 4.69) is 0 Å². The van der Waals surface area contributed by atoms with Crippen molar-refractivity contribution in [1.29, 1.82) is 0 Å². The summed E-state index contributed by atoms with van der Waals surface area (Å²) in [6, 6.07) is 4.27. The van der Waals surface area contributed by atoms with Gasteiger partial charge in [0.05, 0.1) is 6.42 Å². The number of primary amides is 2. The second-order valence-corrected chi connectivity index (χ2v) is 2.81. The molecule has 0 aromatic heterocycles. The number of nitrogens with two attached hydrogens (primary N) is 2. The van der Waals surface area contributed by atoms with Gasteiger partial charge >= 0.3 is 0 Å². The molecule has 5 nitrogen and oxygen atoms in total. The van der Waals surface area contributed by atoms with Crippen LogP contribution < -0.4 is 11.5 Å². The summed E-state index contributed by atoms with van der Waals surface area (Å²) in [4.78, 5) is 21.6. The van der Waals surface area contributed by atoms with Crippen molar-refractivity contribution in [3.8, 4) is 5.75 Å². The van der Waals surface area contributed by atoms with E-state index in [-0.39, 0.29) is 23.3 Å². The van der Waals surface area contributed by atoms with Gasteiger partial charge in [-0.25, -0.2) is 0 Å². The van der Waals surface area contributed by atoms with Crippen LogP contribution in [0.25, 0.3) is 0 Å². The Morgan fingerprint density at radius 2 is 1.93 bits per heavy atom. The number of amides is 2. The fraction of sp³-hybridized carbons (Fsp3) is 0.111. The number of carbonyl (C=O) groups is 2. The van der Waals surface area contributed by atoms with Crippen LogP contribution in [0.3, 0.4) is 0 Å². The lowest BCUT2D eigenvalue weighted by Crippen LogP contribution is -2.19. The van der Waals surface area contributed by atoms with Gasteiger partial charge in [0, 0.05) is 11.1 Å². The number of hydrogen-bond acceptors (Lipinski definition) is 3. The average molecular weight is 194 g/mol. The van der Waals surface area contributed by atoms with E-state index >= 15 is 0 Å². The van der Waals surface area contributed by atoms with Gasteiger partial charge in [-0.15, -0.1) is 0 Å². The molecule has 0 unspecified atom stereocenters. The minimum absolute atomic E-state index is 0.115. The summed E-state index contributed by atoms with van der Waals surface area (Å²) < 4.78 is 0. The summed E-state index contributed by atoms with van der Waals surface area (Å²) in [6.45, 7) is 0. The molecule has 74 valence electrons. The molecule has 0 radical (unpaired) electrons. The molecule has 0 saturated heterocycles. The largest absolute Gasteiger partial charge is 0.508 e. The van der Waals surface area contributed by atoms with Crippen LogP contribution in [0.15, 0.2) is 18.2 Å². The van der Waals surface area contributed by atoms with Gasteiger partial charge in [-0.1, -0.05) is 6.07 Å². The van der Waals surface area contributed by atoms with Crippen LogP contribution in [0.2, 0.25) is 0 Å². The molecule has 0 bridgehead atoms. The first-order valence-corrected chi connectivity index (χ1v) is 3.91.